The van der Waals surface area contributed by atoms with E-state index in [9.17, 15) is 29.2 Å². The number of aliphatic hydroxyl groups excluding tert-OH is 2. The van der Waals surface area contributed by atoms with Crippen LogP contribution in [0.2, 0.25) is 0 Å². The molecule has 0 bridgehead atoms. The van der Waals surface area contributed by atoms with Crippen LogP contribution in [0.15, 0.2) is 52.2 Å². The van der Waals surface area contributed by atoms with Crippen molar-refractivity contribution in [1.82, 2.24) is 14.6 Å². The number of aliphatic hydroxyl groups is 2. The molecule has 0 spiro atoms. The lowest BCUT2D eigenvalue weighted by molar-refractivity contribution is -0.119. The Morgan fingerprint density at radius 1 is 1.26 bits per heavy atom. The normalized spacial score (nSPS) is 24.9. The molecule has 0 saturated carbocycles. The molecule has 1 fully saturated rings. The van der Waals surface area contributed by atoms with Crippen LogP contribution in [0.1, 0.15) is 39.5 Å². The third-order valence-electron chi connectivity index (χ3n) is 6.65. The Labute approximate surface area is 230 Å². The number of rotatable bonds is 13. The smallest absolute Gasteiger partial charge is 0.395 e. The minimum atomic E-state index is -3.94. The number of benzene rings is 1. The number of nitrogens with zero attached hydrogens (tertiary/aromatic N) is 1. The van der Waals surface area contributed by atoms with Crippen molar-refractivity contribution in [3.63, 3.8) is 0 Å². The average molecular weight is 586 g/mol. The number of H-pyrrole nitrogens is 1. The Bertz CT molecular complexity index is 1290. The van der Waals surface area contributed by atoms with E-state index in [1.54, 1.807) is 27.7 Å². The number of carbonyl (C=O) groups excluding carboxylic acids is 1. The molecule has 1 aliphatic heterocycles. The number of carbonyl (C=O) groups is 1. The molecular formula is C25H36N3O9PS. The first kappa shape index (κ1) is 31.4. The summed E-state index contributed by atoms with van der Waals surface area (Å²) >= 11 is 0.963. The summed E-state index contributed by atoms with van der Waals surface area (Å²) in [7, 11) is -3.94. The van der Waals surface area contributed by atoms with Gasteiger partial charge in [-0.05, 0) is 26.3 Å². The number of ether oxygens (including phenoxy) is 1. The summed E-state index contributed by atoms with van der Waals surface area (Å²) in [6, 6.07) is 10.4. The maximum absolute atomic E-state index is 13.7. The van der Waals surface area contributed by atoms with Gasteiger partial charge in [0.25, 0.3) is 5.56 Å². The van der Waals surface area contributed by atoms with E-state index < -0.39 is 48.3 Å². The predicted octanol–water partition coefficient (Wildman–Crippen LogP) is 2.03. The summed E-state index contributed by atoms with van der Waals surface area (Å²) in [6.07, 6.45) is -0.995. The highest BCUT2D eigenvalue weighted by Crippen LogP contribution is 2.48. The Hall–Kier alpha value is -2.09. The number of hydrogen-bond donors (Lipinski definition) is 4. The molecule has 1 aromatic heterocycles. The monoisotopic (exact) mass is 585 g/mol. The highest BCUT2D eigenvalue weighted by molar-refractivity contribution is 8.13. The molecule has 39 heavy (non-hydrogen) atoms. The molecule has 0 radical (unpaired) electrons. The second kappa shape index (κ2) is 13.0. The van der Waals surface area contributed by atoms with Crippen LogP contribution in [0.4, 0.5) is 0 Å². The molecule has 2 heterocycles. The van der Waals surface area contributed by atoms with Crippen molar-refractivity contribution in [1.29, 1.82) is 0 Å². The van der Waals surface area contributed by atoms with Gasteiger partial charge in [0, 0.05) is 30.5 Å². The van der Waals surface area contributed by atoms with Gasteiger partial charge in [-0.1, -0.05) is 49.0 Å². The second-order valence-corrected chi connectivity index (χ2v) is 13.1. The fourth-order valence-corrected chi connectivity index (χ4v) is 6.08. The molecule has 1 unspecified atom stereocenters. The van der Waals surface area contributed by atoms with Crippen molar-refractivity contribution in [2.75, 3.05) is 25.6 Å². The first-order valence-electron chi connectivity index (χ1n) is 12.4. The van der Waals surface area contributed by atoms with Crippen LogP contribution in [-0.2, 0) is 29.7 Å². The Morgan fingerprint density at radius 2 is 1.95 bits per heavy atom. The van der Waals surface area contributed by atoms with Gasteiger partial charge in [0.15, 0.2) is 11.3 Å². The van der Waals surface area contributed by atoms with Gasteiger partial charge in [-0.25, -0.2) is 14.4 Å². The molecule has 4 N–H and O–H groups in total. The van der Waals surface area contributed by atoms with Gasteiger partial charge in [-0.15, -0.1) is 0 Å². The summed E-state index contributed by atoms with van der Waals surface area (Å²) in [5, 5.41) is 22.8. The third-order valence-corrected chi connectivity index (χ3v) is 9.37. The van der Waals surface area contributed by atoms with Gasteiger partial charge in [0.2, 0.25) is 0 Å². The minimum Gasteiger partial charge on any atom is -0.395 e. The van der Waals surface area contributed by atoms with Crippen molar-refractivity contribution >= 4 is 24.6 Å². The van der Waals surface area contributed by atoms with Gasteiger partial charge in [-0.3, -0.25) is 28.2 Å². The van der Waals surface area contributed by atoms with Gasteiger partial charge in [0.05, 0.1) is 30.8 Å². The Morgan fingerprint density at radius 3 is 2.59 bits per heavy atom. The lowest BCUT2D eigenvalue weighted by atomic mass is 9.89. The molecule has 1 aromatic carbocycles. The number of hydrogen-bond acceptors (Lipinski definition) is 10. The summed E-state index contributed by atoms with van der Waals surface area (Å²) in [5.41, 5.74) is -2.57. The second-order valence-electron chi connectivity index (χ2n) is 10.2. The molecule has 1 saturated heterocycles. The van der Waals surface area contributed by atoms with Crippen molar-refractivity contribution in [3.05, 3.63) is 69.0 Å². The van der Waals surface area contributed by atoms with E-state index in [0.29, 0.717) is 0 Å². The van der Waals surface area contributed by atoms with Crippen molar-refractivity contribution in [2.24, 2.45) is 11.3 Å². The van der Waals surface area contributed by atoms with Crippen LogP contribution in [0.5, 0.6) is 0 Å². The zero-order chi connectivity index (χ0) is 28.8. The molecule has 3 rings (SSSR count). The minimum absolute atomic E-state index is 0.0812. The molecule has 0 aliphatic carbocycles. The van der Waals surface area contributed by atoms with Gasteiger partial charge >= 0.3 is 13.4 Å². The molecular weight excluding hydrogens is 549 g/mol. The van der Waals surface area contributed by atoms with Crippen molar-refractivity contribution in [3.8, 4) is 0 Å². The maximum atomic E-state index is 13.7. The fourth-order valence-electron chi connectivity index (χ4n) is 3.75. The fraction of sp³-hybridized carbons (Fsp3) is 0.560. The summed E-state index contributed by atoms with van der Waals surface area (Å²) < 4.78 is 32.3. The first-order valence-corrected chi connectivity index (χ1v) is 15.0. The quantitative estimate of drug-likeness (QED) is 0.200. The Balaban J connectivity index is 1.70. The van der Waals surface area contributed by atoms with E-state index >= 15 is 0 Å². The van der Waals surface area contributed by atoms with E-state index in [0.717, 1.165) is 28.0 Å². The van der Waals surface area contributed by atoms with E-state index in [1.807, 2.05) is 30.3 Å². The van der Waals surface area contributed by atoms with E-state index in [1.165, 1.54) is 6.20 Å². The SMILES string of the molecule is C[C@H]1[C@@H](O)[C@H](n2ccc(=O)[nH]c2=O)O[C@]1(C)COP(=O)(NCc1ccccc1)OCCSC(=O)C(C)(C)CO. The molecule has 5 atom stereocenters. The highest BCUT2D eigenvalue weighted by Gasteiger charge is 2.51. The van der Waals surface area contributed by atoms with E-state index in [-0.39, 0.29) is 37.2 Å². The average Bonchev–Trinajstić information content (AvgIpc) is 3.13. The van der Waals surface area contributed by atoms with E-state index in [2.05, 4.69) is 10.1 Å². The predicted molar refractivity (Wildman–Crippen MR) is 146 cm³/mol. The zero-order valence-electron chi connectivity index (χ0n) is 22.4. The molecule has 2 aromatic rings. The largest absolute Gasteiger partial charge is 0.405 e. The molecule has 0 amide bonds. The van der Waals surface area contributed by atoms with Crippen molar-refractivity contribution in [2.45, 2.75) is 52.2 Å². The van der Waals surface area contributed by atoms with Crippen LogP contribution >= 0.6 is 19.5 Å². The molecule has 14 heteroatoms. The summed E-state index contributed by atoms with van der Waals surface area (Å²) in [5.74, 6) is -0.374. The van der Waals surface area contributed by atoms with Gasteiger partial charge in [0.1, 0.15) is 6.10 Å². The van der Waals surface area contributed by atoms with Crippen LogP contribution in [0, 0.1) is 11.3 Å². The van der Waals surface area contributed by atoms with Gasteiger partial charge < -0.3 is 14.9 Å². The standard InChI is InChI=1S/C25H36N3O9PS/c1-17-20(31)21(28-11-10-19(30)27-23(28)33)37-25(17,4)16-36-38(34,26-14-18-8-6-5-7-9-18)35-12-13-39-22(32)24(2,3)15-29/h5-11,17,20-21,29,31H,12-16H2,1-4H3,(H,26,34)(H,27,30,33)/t17-,20+,21+,25+,38?/m0/s1. The maximum Gasteiger partial charge on any atom is 0.405 e. The van der Waals surface area contributed by atoms with Crippen LogP contribution < -0.4 is 16.3 Å². The number of aromatic amines is 1. The number of nitrogens with one attached hydrogen (secondary N) is 2. The topological polar surface area (TPSA) is 169 Å². The first-order chi connectivity index (χ1) is 18.3. The van der Waals surface area contributed by atoms with Crippen LogP contribution in [0.3, 0.4) is 0 Å². The van der Waals surface area contributed by atoms with Crippen LogP contribution in [0.25, 0.3) is 0 Å². The lowest BCUT2D eigenvalue weighted by Gasteiger charge is -2.30. The molecule has 1 aliphatic rings. The third kappa shape index (κ3) is 7.99. The van der Waals surface area contributed by atoms with Crippen molar-refractivity contribution < 1.29 is 33.4 Å². The highest BCUT2D eigenvalue weighted by atomic mass is 32.2. The Kier molecular flexibility index (Phi) is 10.5. The van der Waals surface area contributed by atoms with E-state index in [4.69, 9.17) is 13.8 Å². The zero-order valence-corrected chi connectivity index (χ0v) is 24.1. The summed E-state index contributed by atoms with van der Waals surface area (Å²) in [6.45, 7) is 6.16. The van der Waals surface area contributed by atoms with Crippen LogP contribution in [-0.4, -0.2) is 62.2 Å². The summed E-state index contributed by atoms with van der Waals surface area (Å²) in [4.78, 5) is 38.1. The number of thioether (sulfide) groups is 1. The number of aromatic nitrogens is 2. The van der Waals surface area contributed by atoms with Gasteiger partial charge in [-0.2, -0.15) is 0 Å². The lowest BCUT2D eigenvalue weighted by Crippen LogP contribution is -2.38. The molecule has 12 nitrogen and oxygen atoms in total. The molecule has 216 valence electrons.